The van der Waals surface area contributed by atoms with Crippen LogP contribution in [-0.2, 0) is 9.59 Å². The minimum atomic E-state index is -0.352. The second kappa shape index (κ2) is 9.16. The molecule has 2 aromatic heterocycles. The number of hydrogen-bond donors (Lipinski definition) is 2. The number of aromatic nitrogens is 1. The summed E-state index contributed by atoms with van der Waals surface area (Å²) in [5, 5.41) is 9.61. The van der Waals surface area contributed by atoms with Crippen LogP contribution in [0, 0.1) is 5.41 Å². The van der Waals surface area contributed by atoms with Crippen molar-refractivity contribution in [1.29, 1.82) is 0 Å². The van der Waals surface area contributed by atoms with E-state index in [9.17, 15) is 9.59 Å². The molecule has 1 unspecified atom stereocenters. The van der Waals surface area contributed by atoms with Crippen LogP contribution in [0.4, 0.5) is 17.1 Å². The van der Waals surface area contributed by atoms with Gasteiger partial charge in [0, 0.05) is 28.0 Å². The van der Waals surface area contributed by atoms with Crippen molar-refractivity contribution in [1.82, 2.24) is 4.98 Å². The number of thiophene rings is 1. The van der Waals surface area contributed by atoms with E-state index in [0.29, 0.717) is 12.1 Å². The Labute approximate surface area is 220 Å². The number of hydrogen-bond acceptors (Lipinski definition) is 6. The van der Waals surface area contributed by atoms with Gasteiger partial charge in [0.25, 0.3) is 0 Å². The van der Waals surface area contributed by atoms with Crippen LogP contribution in [-0.4, -0.2) is 23.2 Å². The third-order valence-electron chi connectivity index (χ3n) is 7.00. The van der Waals surface area contributed by atoms with Crippen molar-refractivity contribution in [3.63, 3.8) is 0 Å². The van der Waals surface area contributed by atoms with E-state index >= 15 is 0 Å². The monoisotopic (exact) mass is 508 g/mol. The molecule has 2 aromatic carbocycles. The molecule has 4 aromatic rings. The van der Waals surface area contributed by atoms with Crippen molar-refractivity contribution in [2.45, 2.75) is 32.7 Å². The topological polar surface area (TPSA) is 74.3 Å². The molecule has 0 radical (unpaired) electrons. The molecule has 6 nitrogen and oxygen atoms in total. The minimum Gasteiger partial charge on any atom is -0.357 e. The van der Waals surface area contributed by atoms with E-state index in [-0.39, 0.29) is 29.7 Å². The second-order valence-electron chi connectivity index (χ2n) is 10.5. The molecule has 6 rings (SSSR count). The lowest BCUT2D eigenvalue weighted by atomic mass is 9.74. The third-order valence-corrected chi connectivity index (χ3v) is 7.93. The van der Waals surface area contributed by atoms with Crippen LogP contribution in [0.3, 0.4) is 0 Å². The van der Waals surface area contributed by atoms with Gasteiger partial charge in [0.2, 0.25) is 5.91 Å². The molecule has 3 heterocycles. The fourth-order valence-electron chi connectivity index (χ4n) is 5.46. The number of ketones is 1. The predicted molar refractivity (Wildman–Crippen MR) is 150 cm³/mol. The molecule has 1 amide bonds. The van der Waals surface area contributed by atoms with Crippen LogP contribution in [0.2, 0.25) is 0 Å². The predicted octanol–water partition coefficient (Wildman–Crippen LogP) is 6.55. The number of nitrogens with one attached hydrogen (secondary N) is 2. The Hall–Kier alpha value is -3.97. The van der Waals surface area contributed by atoms with Crippen molar-refractivity contribution in [2.75, 3.05) is 22.1 Å². The Morgan fingerprint density at radius 1 is 1.11 bits per heavy atom. The number of allylic oxidation sites excluding steroid dienone is 1. The summed E-state index contributed by atoms with van der Waals surface area (Å²) >= 11 is 1.61. The van der Waals surface area contributed by atoms with E-state index in [1.807, 2.05) is 66.0 Å². The van der Waals surface area contributed by atoms with E-state index < -0.39 is 0 Å². The summed E-state index contributed by atoms with van der Waals surface area (Å²) in [6.45, 7) is 4.35. The number of carbonyl (C=O) groups excluding carboxylic acids is 2. The van der Waals surface area contributed by atoms with Gasteiger partial charge in [-0.25, -0.2) is 0 Å². The number of pyridine rings is 1. The number of anilines is 3. The van der Waals surface area contributed by atoms with E-state index in [1.165, 1.54) is 0 Å². The van der Waals surface area contributed by atoms with Crippen molar-refractivity contribution in [2.24, 2.45) is 5.41 Å². The summed E-state index contributed by atoms with van der Waals surface area (Å²) in [6.07, 6.45) is 2.93. The van der Waals surface area contributed by atoms with Gasteiger partial charge in [-0.2, -0.15) is 0 Å². The molecule has 0 saturated heterocycles. The number of Topliss-reactive ketones (excluding diaryl/α,β-unsaturated/α-hetero) is 1. The van der Waals surface area contributed by atoms with Gasteiger partial charge in [-0.1, -0.05) is 50.2 Å². The molecule has 1 aliphatic heterocycles. The Morgan fingerprint density at radius 3 is 2.76 bits per heavy atom. The highest BCUT2D eigenvalue weighted by Gasteiger charge is 2.42. The third kappa shape index (κ3) is 4.51. The molecule has 0 saturated carbocycles. The molecule has 186 valence electrons. The first-order chi connectivity index (χ1) is 17.9. The zero-order chi connectivity index (χ0) is 25.6. The highest BCUT2D eigenvalue weighted by atomic mass is 32.1. The van der Waals surface area contributed by atoms with Crippen molar-refractivity contribution in [3.8, 4) is 0 Å². The zero-order valence-corrected chi connectivity index (χ0v) is 21.6. The fraction of sp³-hybridized carbons (Fsp3) is 0.233. The summed E-state index contributed by atoms with van der Waals surface area (Å²) in [5.74, 6) is -0.0322. The van der Waals surface area contributed by atoms with Crippen molar-refractivity contribution < 1.29 is 9.59 Å². The quantitative estimate of drug-likeness (QED) is 0.327. The second-order valence-corrected chi connectivity index (χ2v) is 11.5. The van der Waals surface area contributed by atoms with Crippen LogP contribution >= 0.6 is 11.3 Å². The lowest BCUT2D eigenvalue weighted by Gasteiger charge is -2.37. The summed E-state index contributed by atoms with van der Waals surface area (Å²) in [7, 11) is 0. The van der Waals surface area contributed by atoms with E-state index in [4.69, 9.17) is 0 Å². The van der Waals surface area contributed by atoms with Crippen LogP contribution < -0.4 is 15.5 Å². The van der Waals surface area contributed by atoms with Gasteiger partial charge in [0.1, 0.15) is 0 Å². The number of amides is 1. The molecule has 7 heteroatoms. The van der Waals surface area contributed by atoms with Gasteiger partial charge in [-0.3, -0.25) is 14.6 Å². The molecule has 0 bridgehead atoms. The number of carbonyl (C=O) groups is 2. The molecule has 2 aliphatic rings. The molecule has 0 spiro atoms. The average Bonchev–Trinajstić information content (AvgIpc) is 3.35. The highest BCUT2D eigenvalue weighted by molar-refractivity contribution is 7.10. The SMILES string of the molecule is CC1(C)CC(=O)C2=C(C1)Nc1ccccc1N(CC(=O)Nc1cnc3ccccc3c1)C2c1cccs1. The maximum absolute atomic E-state index is 13.7. The summed E-state index contributed by atoms with van der Waals surface area (Å²) in [5.41, 5.74) is 4.91. The van der Waals surface area contributed by atoms with Crippen LogP contribution in [0.5, 0.6) is 0 Å². The average molecular weight is 509 g/mol. The smallest absolute Gasteiger partial charge is 0.243 e. The number of nitrogens with zero attached hydrogens (tertiary/aromatic N) is 2. The number of fused-ring (bicyclic) bond motifs is 2. The van der Waals surface area contributed by atoms with E-state index in [2.05, 4.69) is 40.4 Å². The fourth-order valence-corrected chi connectivity index (χ4v) is 6.31. The maximum Gasteiger partial charge on any atom is 0.243 e. The van der Waals surface area contributed by atoms with E-state index in [0.717, 1.165) is 44.8 Å². The van der Waals surface area contributed by atoms with Gasteiger partial charge in [0.15, 0.2) is 5.78 Å². The van der Waals surface area contributed by atoms with Gasteiger partial charge in [0.05, 0.1) is 41.4 Å². The van der Waals surface area contributed by atoms with Crippen LogP contribution in [0.15, 0.2) is 89.6 Å². The van der Waals surface area contributed by atoms with Crippen molar-refractivity contribution >= 4 is 51.0 Å². The summed E-state index contributed by atoms with van der Waals surface area (Å²) < 4.78 is 0. The Morgan fingerprint density at radius 2 is 1.92 bits per heavy atom. The lowest BCUT2D eigenvalue weighted by molar-refractivity contribution is -0.119. The Balaban J connectivity index is 1.41. The first-order valence-corrected chi connectivity index (χ1v) is 13.3. The molecular formula is C30H28N4O2S. The normalized spacial score (nSPS) is 18.6. The molecule has 1 aliphatic carbocycles. The van der Waals surface area contributed by atoms with Gasteiger partial charge in [-0.15, -0.1) is 11.3 Å². The first-order valence-electron chi connectivity index (χ1n) is 12.4. The number of rotatable bonds is 4. The van der Waals surface area contributed by atoms with E-state index in [1.54, 1.807) is 17.5 Å². The highest BCUT2D eigenvalue weighted by Crippen LogP contribution is 2.48. The van der Waals surface area contributed by atoms with Gasteiger partial charge in [-0.05, 0) is 47.5 Å². The lowest BCUT2D eigenvalue weighted by Crippen LogP contribution is -2.39. The van der Waals surface area contributed by atoms with Gasteiger partial charge >= 0.3 is 0 Å². The number of para-hydroxylation sites is 3. The molecule has 0 fully saturated rings. The molecule has 1 atom stereocenters. The molecular weight excluding hydrogens is 480 g/mol. The summed E-state index contributed by atoms with van der Waals surface area (Å²) in [6, 6.07) is 21.4. The van der Waals surface area contributed by atoms with Crippen molar-refractivity contribution in [3.05, 3.63) is 94.5 Å². The summed E-state index contributed by atoms with van der Waals surface area (Å²) in [4.78, 5) is 34.8. The van der Waals surface area contributed by atoms with Gasteiger partial charge < -0.3 is 15.5 Å². The largest absolute Gasteiger partial charge is 0.357 e. The zero-order valence-electron chi connectivity index (χ0n) is 20.8. The molecule has 37 heavy (non-hydrogen) atoms. The first kappa shape index (κ1) is 23.4. The molecule has 2 N–H and O–H groups in total. The minimum absolute atomic E-state index is 0.0849. The number of benzene rings is 2. The maximum atomic E-state index is 13.7. The standard InChI is InChI=1S/C30H28N4O2S/c1-30(2)15-23-28(25(35)16-30)29(26-12-7-13-37-26)34(24-11-6-5-10-22(24)33-23)18-27(36)32-20-14-19-8-3-4-9-21(19)31-17-20/h3-14,17,29,33H,15-16,18H2,1-2H3,(H,32,36). The Bertz CT molecular complexity index is 1540. The Kier molecular flexibility index (Phi) is 5.80. The van der Waals surface area contributed by atoms with Crippen LogP contribution in [0.1, 0.15) is 37.6 Å². The van der Waals surface area contributed by atoms with Crippen LogP contribution in [0.25, 0.3) is 10.9 Å².